The first-order valence-corrected chi connectivity index (χ1v) is 13.9. The monoisotopic (exact) mass is 455 g/mol. The van der Waals surface area contributed by atoms with Crippen LogP contribution < -0.4 is 0 Å². The van der Waals surface area contributed by atoms with Crippen molar-refractivity contribution in [1.29, 1.82) is 0 Å². The van der Waals surface area contributed by atoms with E-state index in [1.165, 1.54) is 25.7 Å². The molecule has 0 radical (unpaired) electrons. The maximum absolute atomic E-state index is 12.7. The second-order valence-corrected chi connectivity index (χ2v) is 13.5. The van der Waals surface area contributed by atoms with Crippen LogP contribution in [0.5, 0.6) is 0 Å². The van der Waals surface area contributed by atoms with Gasteiger partial charge in [0.25, 0.3) is 0 Å². The second kappa shape index (κ2) is 7.32. The van der Waals surface area contributed by atoms with Crippen LogP contribution in [0.15, 0.2) is 11.6 Å². The summed E-state index contributed by atoms with van der Waals surface area (Å²) in [7, 11) is 0. The van der Waals surface area contributed by atoms with Gasteiger partial charge in [0.15, 0.2) is 0 Å². The number of hydrogen-bond donors (Lipinski definition) is 1. The number of ether oxygens (including phenoxy) is 1. The van der Waals surface area contributed by atoms with Gasteiger partial charge >= 0.3 is 0 Å². The van der Waals surface area contributed by atoms with Crippen LogP contribution in [0.25, 0.3) is 0 Å². The molecule has 4 aliphatic carbocycles. The Morgan fingerprint density at radius 2 is 1.91 bits per heavy atom. The highest BCUT2D eigenvalue weighted by atomic mass is 16.5. The third kappa shape index (κ3) is 2.92. The van der Waals surface area contributed by atoms with Gasteiger partial charge in [0.1, 0.15) is 5.72 Å². The lowest BCUT2D eigenvalue weighted by Crippen LogP contribution is -2.60. The van der Waals surface area contributed by atoms with Crippen molar-refractivity contribution in [3.05, 3.63) is 11.6 Å². The molecule has 6 rings (SSSR count). The van der Waals surface area contributed by atoms with Gasteiger partial charge in [-0.05, 0) is 98.2 Å². The zero-order valence-electron chi connectivity index (χ0n) is 21.5. The van der Waals surface area contributed by atoms with Gasteiger partial charge in [0.05, 0.1) is 12.2 Å². The lowest BCUT2D eigenvalue weighted by atomic mass is 9.47. The van der Waals surface area contributed by atoms with Crippen LogP contribution in [0.1, 0.15) is 92.4 Å². The van der Waals surface area contributed by atoms with E-state index in [0.717, 1.165) is 56.4 Å². The van der Waals surface area contributed by atoms with Gasteiger partial charge in [0.2, 0.25) is 5.91 Å². The number of allylic oxidation sites excluding steroid dienone is 1. The Kier molecular flexibility index (Phi) is 5.01. The summed E-state index contributed by atoms with van der Waals surface area (Å²) in [5, 5.41) is 10.3. The topological polar surface area (TPSA) is 49.8 Å². The molecule has 4 heteroatoms. The third-order valence-corrected chi connectivity index (χ3v) is 12.1. The lowest BCUT2D eigenvalue weighted by Gasteiger charge is -2.59. The number of aliphatic hydroxyl groups excluding tert-OH is 1. The second-order valence-electron chi connectivity index (χ2n) is 13.5. The highest BCUT2D eigenvalue weighted by Gasteiger charge is 2.69. The predicted molar refractivity (Wildman–Crippen MR) is 129 cm³/mol. The molecule has 5 fully saturated rings. The van der Waals surface area contributed by atoms with E-state index in [0.29, 0.717) is 34.7 Å². The average molecular weight is 456 g/mol. The molecule has 1 spiro atoms. The van der Waals surface area contributed by atoms with E-state index in [1.54, 1.807) is 12.5 Å². The van der Waals surface area contributed by atoms with Gasteiger partial charge < -0.3 is 14.7 Å². The molecule has 33 heavy (non-hydrogen) atoms. The Balaban J connectivity index is 1.30. The van der Waals surface area contributed by atoms with Crippen LogP contribution in [0, 0.1) is 46.3 Å². The van der Waals surface area contributed by atoms with Gasteiger partial charge in [-0.1, -0.05) is 39.3 Å². The van der Waals surface area contributed by atoms with E-state index in [1.807, 2.05) is 0 Å². The Hall–Kier alpha value is -0.870. The number of amides is 1. The van der Waals surface area contributed by atoms with Gasteiger partial charge in [-0.25, -0.2) is 0 Å². The number of carbonyl (C=O) groups is 1. The van der Waals surface area contributed by atoms with Crippen molar-refractivity contribution >= 4 is 5.91 Å². The molecule has 3 saturated carbocycles. The molecule has 2 heterocycles. The van der Waals surface area contributed by atoms with Crippen molar-refractivity contribution in [3.63, 3.8) is 0 Å². The summed E-state index contributed by atoms with van der Waals surface area (Å²) < 4.78 is 7.09. The highest BCUT2D eigenvalue weighted by Crippen LogP contribution is 2.70. The fourth-order valence-corrected chi connectivity index (χ4v) is 10.5. The van der Waals surface area contributed by atoms with Crippen molar-refractivity contribution in [1.82, 2.24) is 4.90 Å². The molecule has 0 unspecified atom stereocenters. The lowest BCUT2D eigenvalue weighted by molar-refractivity contribution is -0.200. The Morgan fingerprint density at radius 3 is 2.67 bits per heavy atom. The number of aliphatic hydroxyl groups is 1. The molecule has 0 bridgehead atoms. The SMILES string of the molecule is CC(=O)N1C[C@H](C)CC[C@@]12O[C@H]1C[C@H]3[C@@H]4CC=C5C[C@@H](O)CC[C@]5(C)[C@H]4CC[C@]3(C)[C@H]1[C@@H]2C. The van der Waals surface area contributed by atoms with Crippen LogP contribution in [-0.2, 0) is 9.53 Å². The average Bonchev–Trinajstić information content (AvgIpc) is 3.21. The van der Waals surface area contributed by atoms with Crippen molar-refractivity contribution in [3.8, 4) is 0 Å². The number of hydrogen-bond acceptors (Lipinski definition) is 3. The summed E-state index contributed by atoms with van der Waals surface area (Å²) in [5.41, 5.74) is 1.79. The fourth-order valence-electron chi connectivity index (χ4n) is 10.5. The maximum Gasteiger partial charge on any atom is 0.221 e. The number of likely N-dealkylation sites (tertiary alicyclic amines) is 1. The quantitative estimate of drug-likeness (QED) is 0.488. The first-order chi connectivity index (χ1) is 15.6. The molecule has 0 aromatic heterocycles. The largest absolute Gasteiger partial charge is 0.393 e. The van der Waals surface area contributed by atoms with E-state index in [-0.39, 0.29) is 17.7 Å². The number of piperidine rings is 1. The van der Waals surface area contributed by atoms with E-state index in [9.17, 15) is 9.90 Å². The molecule has 1 N–H and O–H groups in total. The number of rotatable bonds is 0. The minimum absolute atomic E-state index is 0.131. The van der Waals surface area contributed by atoms with Gasteiger partial charge in [-0.15, -0.1) is 0 Å². The summed E-state index contributed by atoms with van der Waals surface area (Å²) in [6, 6.07) is 0. The molecule has 4 nitrogen and oxygen atoms in total. The molecule has 0 aromatic rings. The normalized spacial score (nSPS) is 55.5. The fraction of sp³-hybridized carbons (Fsp3) is 0.897. The zero-order chi connectivity index (χ0) is 23.3. The van der Waals surface area contributed by atoms with Crippen LogP contribution in [-0.4, -0.2) is 40.4 Å². The van der Waals surface area contributed by atoms with E-state index >= 15 is 0 Å². The van der Waals surface area contributed by atoms with Crippen LogP contribution in [0.3, 0.4) is 0 Å². The standard InChI is InChI=1S/C29H45NO3/c1-17-8-13-29(30(16-17)19(3)31)18(2)26-25(33-29)15-24-22-7-6-20-14-21(32)9-11-27(20,4)23(22)10-12-28(24,26)5/h6,17-18,21-26,32H,7-16H2,1-5H3/t17-,18+,21+,22-,23+,24+,25+,26+,27+,28+,29+/m1/s1. The zero-order valence-corrected chi connectivity index (χ0v) is 21.5. The van der Waals surface area contributed by atoms with Crippen LogP contribution >= 0.6 is 0 Å². The first kappa shape index (κ1) is 22.6. The van der Waals surface area contributed by atoms with Crippen molar-refractivity contribution < 1.29 is 14.6 Å². The minimum atomic E-state index is -0.371. The van der Waals surface area contributed by atoms with Gasteiger partial charge in [-0.3, -0.25) is 4.79 Å². The molecule has 0 aromatic carbocycles. The van der Waals surface area contributed by atoms with Crippen molar-refractivity contribution in [2.24, 2.45) is 46.3 Å². The highest BCUT2D eigenvalue weighted by molar-refractivity contribution is 5.74. The van der Waals surface area contributed by atoms with Gasteiger partial charge in [0, 0.05) is 19.4 Å². The first-order valence-electron chi connectivity index (χ1n) is 13.9. The summed E-state index contributed by atoms with van der Waals surface area (Å²) in [6.07, 6.45) is 12.9. The summed E-state index contributed by atoms with van der Waals surface area (Å²) in [5.74, 6) is 3.95. The molecule has 1 amide bonds. The summed E-state index contributed by atoms with van der Waals surface area (Å²) in [4.78, 5) is 14.9. The van der Waals surface area contributed by atoms with E-state index < -0.39 is 0 Å². The molecular weight excluding hydrogens is 410 g/mol. The maximum atomic E-state index is 12.7. The van der Waals surface area contributed by atoms with Crippen molar-refractivity contribution in [2.75, 3.05) is 6.54 Å². The number of fused-ring (bicyclic) bond motifs is 7. The predicted octanol–water partition coefficient (Wildman–Crippen LogP) is 5.55. The molecular formula is C29H45NO3. The Bertz CT molecular complexity index is 869. The van der Waals surface area contributed by atoms with E-state index in [4.69, 9.17) is 4.74 Å². The minimum Gasteiger partial charge on any atom is -0.393 e. The number of nitrogens with zero attached hydrogens (tertiary/aromatic N) is 1. The smallest absolute Gasteiger partial charge is 0.221 e. The summed E-state index contributed by atoms with van der Waals surface area (Å²) in [6.45, 7) is 12.4. The third-order valence-electron chi connectivity index (χ3n) is 12.1. The molecule has 184 valence electrons. The Morgan fingerprint density at radius 1 is 1.12 bits per heavy atom. The number of carbonyl (C=O) groups excluding carboxylic acids is 1. The van der Waals surface area contributed by atoms with Crippen LogP contribution in [0.2, 0.25) is 0 Å². The van der Waals surface area contributed by atoms with Crippen molar-refractivity contribution in [2.45, 2.75) is 110 Å². The van der Waals surface area contributed by atoms with Crippen LogP contribution in [0.4, 0.5) is 0 Å². The Labute approximate surface area is 200 Å². The molecule has 6 aliphatic rings. The molecule has 2 saturated heterocycles. The molecule has 11 atom stereocenters. The van der Waals surface area contributed by atoms with E-state index in [2.05, 4.69) is 38.7 Å². The van der Waals surface area contributed by atoms with Gasteiger partial charge in [-0.2, -0.15) is 0 Å². The summed E-state index contributed by atoms with van der Waals surface area (Å²) >= 11 is 0. The molecule has 2 aliphatic heterocycles.